The predicted molar refractivity (Wildman–Crippen MR) is 88.2 cm³/mol. The molecule has 2 rings (SSSR count). The number of nitrogens with one attached hydrogen (secondary N) is 2. The van der Waals surface area contributed by atoms with Crippen LogP contribution < -0.4 is 15.5 Å². The molecule has 1 aliphatic heterocycles. The Morgan fingerprint density at radius 2 is 2.35 bits per heavy atom. The summed E-state index contributed by atoms with van der Waals surface area (Å²) >= 11 is 3.47. The Bertz CT molecular complexity index is 519. The van der Waals surface area contributed by atoms with Crippen molar-refractivity contribution in [1.29, 1.82) is 0 Å². The van der Waals surface area contributed by atoms with E-state index in [1.165, 1.54) is 0 Å². The molecule has 2 N–H and O–H groups in total. The van der Waals surface area contributed by atoms with E-state index in [0.29, 0.717) is 12.6 Å². The zero-order valence-corrected chi connectivity index (χ0v) is 13.8. The van der Waals surface area contributed by atoms with Gasteiger partial charge < -0.3 is 10.1 Å². The van der Waals surface area contributed by atoms with E-state index >= 15 is 0 Å². The molecule has 0 spiro atoms. The lowest BCUT2D eigenvalue weighted by Gasteiger charge is -2.10. The van der Waals surface area contributed by atoms with E-state index in [1.807, 2.05) is 32.0 Å². The van der Waals surface area contributed by atoms with Gasteiger partial charge in [-0.1, -0.05) is 15.9 Å². The molecule has 0 unspecified atom stereocenters. The molecule has 0 saturated carbocycles. The van der Waals surface area contributed by atoms with Gasteiger partial charge in [-0.2, -0.15) is 5.10 Å². The first kappa shape index (κ1) is 16.8. The van der Waals surface area contributed by atoms with Crippen LogP contribution in [-0.4, -0.2) is 31.4 Å². The highest BCUT2D eigenvalue weighted by atomic mass is 79.9. The number of rotatable bonds is 4. The van der Waals surface area contributed by atoms with E-state index in [1.54, 1.807) is 0 Å². The van der Waals surface area contributed by atoms with Crippen molar-refractivity contribution >= 4 is 40.0 Å². The predicted octanol–water partition coefficient (Wildman–Crippen LogP) is 2.54. The summed E-state index contributed by atoms with van der Waals surface area (Å²) in [6.07, 6.45) is 0. The van der Waals surface area contributed by atoms with Gasteiger partial charge in [0, 0.05) is 16.6 Å². The van der Waals surface area contributed by atoms with Gasteiger partial charge in [-0.15, -0.1) is 12.4 Å². The molecule has 1 aromatic rings. The summed E-state index contributed by atoms with van der Waals surface area (Å²) in [5.74, 6) is 1.54. The number of hydrogen-bond acceptors (Lipinski definition) is 5. The molecular formula is C13H18BrClN4O. The van der Waals surface area contributed by atoms with Gasteiger partial charge in [0.05, 0.1) is 18.9 Å². The molecule has 0 aliphatic carbocycles. The minimum absolute atomic E-state index is 0. The zero-order valence-electron chi connectivity index (χ0n) is 11.4. The molecule has 1 heterocycles. The molecule has 0 aromatic heterocycles. The number of ether oxygens (including phenoxy) is 1. The number of nitrogens with zero attached hydrogens (tertiary/aromatic N) is 2. The number of benzene rings is 1. The van der Waals surface area contributed by atoms with Gasteiger partial charge in [0.15, 0.2) is 0 Å². The summed E-state index contributed by atoms with van der Waals surface area (Å²) in [7, 11) is 0. The number of halogens is 2. The lowest BCUT2D eigenvalue weighted by Crippen LogP contribution is -2.30. The highest BCUT2D eigenvalue weighted by molar-refractivity contribution is 9.10. The summed E-state index contributed by atoms with van der Waals surface area (Å²) in [4.78, 5) is 4.22. The van der Waals surface area contributed by atoms with Gasteiger partial charge in [0.2, 0.25) is 5.96 Å². The van der Waals surface area contributed by atoms with Gasteiger partial charge in [-0.3, -0.25) is 0 Å². The van der Waals surface area contributed by atoms with Crippen molar-refractivity contribution in [3.05, 3.63) is 28.2 Å². The summed E-state index contributed by atoms with van der Waals surface area (Å²) in [6, 6.07) is 5.89. The monoisotopic (exact) mass is 360 g/mol. The van der Waals surface area contributed by atoms with Crippen molar-refractivity contribution < 1.29 is 4.74 Å². The molecule has 0 radical (unpaired) electrons. The second-order valence-electron chi connectivity index (χ2n) is 4.04. The minimum atomic E-state index is 0. The van der Waals surface area contributed by atoms with Crippen molar-refractivity contribution in [1.82, 2.24) is 10.7 Å². The smallest absolute Gasteiger partial charge is 0.212 e. The van der Waals surface area contributed by atoms with E-state index in [4.69, 9.17) is 4.74 Å². The highest BCUT2D eigenvalue weighted by Gasteiger charge is 2.09. The molecule has 0 fully saturated rings. The van der Waals surface area contributed by atoms with Crippen LogP contribution in [0.2, 0.25) is 0 Å². The highest BCUT2D eigenvalue weighted by Crippen LogP contribution is 2.23. The van der Waals surface area contributed by atoms with Crippen LogP contribution >= 0.6 is 28.3 Å². The first-order chi connectivity index (χ1) is 9.20. The van der Waals surface area contributed by atoms with Gasteiger partial charge in [-0.25, -0.2) is 10.4 Å². The van der Waals surface area contributed by atoms with Gasteiger partial charge in [0.1, 0.15) is 5.75 Å². The van der Waals surface area contributed by atoms with Crippen LogP contribution in [0.15, 0.2) is 32.8 Å². The van der Waals surface area contributed by atoms with Crippen LogP contribution in [0, 0.1) is 0 Å². The summed E-state index contributed by atoms with van der Waals surface area (Å²) < 4.78 is 6.61. The summed E-state index contributed by atoms with van der Waals surface area (Å²) in [5, 5.41) is 7.44. The van der Waals surface area contributed by atoms with Crippen molar-refractivity contribution in [2.24, 2.45) is 10.1 Å². The van der Waals surface area contributed by atoms with E-state index in [2.05, 4.69) is 36.8 Å². The van der Waals surface area contributed by atoms with Crippen LogP contribution in [-0.2, 0) is 0 Å². The maximum Gasteiger partial charge on any atom is 0.212 e. The maximum atomic E-state index is 5.61. The molecule has 7 heteroatoms. The third-order valence-electron chi connectivity index (χ3n) is 2.63. The molecule has 1 aromatic carbocycles. The Morgan fingerprint density at radius 1 is 1.55 bits per heavy atom. The first-order valence-electron chi connectivity index (χ1n) is 6.22. The Labute approximate surface area is 133 Å². The molecule has 0 saturated heterocycles. The minimum Gasteiger partial charge on any atom is -0.493 e. The largest absolute Gasteiger partial charge is 0.493 e. The van der Waals surface area contributed by atoms with Crippen LogP contribution in [0.25, 0.3) is 0 Å². The average molecular weight is 362 g/mol. The lowest BCUT2D eigenvalue weighted by molar-refractivity contribution is 0.339. The first-order valence-corrected chi connectivity index (χ1v) is 7.01. The van der Waals surface area contributed by atoms with Crippen LogP contribution in [0.5, 0.6) is 5.75 Å². The van der Waals surface area contributed by atoms with Gasteiger partial charge in [0.25, 0.3) is 0 Å². The molecule has 0 amide bonds. The second-order valence-corrected chi connectivity index (χ2v) is 4.96. The van der Waals surface area contributed by atoms with Gasteiger partial charge in [-0.05, 0) is 32.0 Å². The fourth-order valence-electron chi connectivity index (χ4n) is 1.74. The number of aliphatic imine (C=N–C) groups is 1. The maximum absolute atomic E-state index is 5.61. The number of guanidine groups is 1. The van der Waals surface area contributed by atoms with Crippen LogP contribution in [0.3, 0.4) is 0 Å². The molecule has 5 nitrogen and oxygen atoms in total. The Balaban J connectivity index is 0.00000200. The standard InChI is InChI=1S/C13H17BrN4O.ClH/c1-3-19-12-5-4-10(14)8-11(12)9(2)17-18-13-15-6-7-16-13;/h4-5,8H,3,6-7H2,1-2H3,(H2,15,16,18);1H. The van der Waals surface area contributed by atoms with Crippen LogP contribution in [0.1, 0.15) is 19.4 Å². The summed E-state index contributed by atoms with van der Waals surface area (Å²) in [6.45, 7) is 6.18. The van der Waals surface area contributed by atoms with Crippen molar-refractivity contribution in [3.8, 4) is 5.75 Å². The normalized spacial score (nSPS) is 14.2. The van der Waals surface area contributed by atoms with Crippen LogP contribution in [0.4, 0.5) is 0 Å². The third-order valence-corrected chi connectivity index (χ3v) is 3.13. The Kier molecular flexibility index (Phi) is 6.81. The molecule has 1 aliphatic rings. The van der Waals surface area contributed by atoms with Crippen molar-refractivity contribution in [2.75, 3.05) is 19.7 Å². The fraction of sp³-hybridized carbons (Fsp3) is 0.385. The molecule has 20 heavy (non-hydrogen) atoms. The van der Waals surface area contributed by atoms with E-state index < -0.39 is 0 Å². The fourth-order valence-corrected chi connectivity index (χ4v) is 2.10. The zero-order chi connectivity index (χ0) is 13.7. The van der Waals surface area contributed by atoms with E-state index in [0.717, 1.165) is 34.6 Å². The molecule has 0 bridgehead atoms. The van der Waals surface area contributed by atoms with E-state index in [9.17, 15) is 0 Å². The van der Waals surface area contributed by atoms with Gasteiger partial charge >= 0.3 is 0 Å². The second kappa shape index (κ2) is 8.11. The third kappa shape index (κ3) is 4.38. The average Bonchev–Trinajstić information content (AvgIpc) is 2.91. The molecular weight excluding hydrogens is 344 g/mol. The Morgan fingerprint density at radius 3 is 3.00 bits per heavy atom. The Hall–Kier alpha value is -1.27. The number of hydrazone groups is 1. The SMILES string of the molecule is CCOc1ccc(Br)cc1C(C)=NNC1=NCCN1.Cl. The topological polar surface area (TPSA) is 58.0 Å². The van der Waals surface area contributed by atoms with Crippen molar-refractivity contribution in [2.45, 2.75) is 13.8 Å². The lowest BCUT2D eigenvalue weighted by atomic mass is 10.1. The number of hydrogen-bond donors (Lipinski definition) is 2. The quantitative estimate of drug-likeness (QED) is 0.640. The van der Waals surface area contributed by atoms with Crippen molar-refractivity contribution in [3.63, 3.8) is 0 Å². The molecule has 110 valence electrons. The molecule has 0 atom stereocenters. The summed E-state index contributed by atoms with van der Waals surface area (Å²) in [5.41, 5.74) is 4.73. The van der Waals surface area contributed by atoms with E-state index in [-0.39, 0.29) is 12.4 Å².